The Morgan fingerprint density at radius 3 is 2.80 bits per heavy atom. The van der Waals surface area contributed by atoms with Crippen LogP contribution in [0.25, 0.3) is 0 Å². The number of esters is 1. The second-order valence-corrected chi connectivity index (χ2v) is 5.70. The van der Waals surface area contributed by atoms with Crippen molar-refractivity contribution in [3.8, 4) is 11.5 Å². The molecule has 1 aliphatic rings. The van der Waals surface area contributed by atoms with Crippen molar-refractivity contribution in [1.29, 1.82) is 0 Å². The quantitative estimate of drug-likeness (QED) is 0.550. The number of ether oxygens (including phenoxy) is 2. The first-order valence-corrected chi connectivity index (χ1v) is 7.89. The van der Waals surface area contributed by atoms with Crippen molar-refractivity contribution in [3.63, 3.8) is 0 Å². The highest BCUT2D eigenvalue weighted by molar-refractivity contribution is 6.32. The van der Waals surface area contributed by atoms with Crippen molar-refractivity contribution < 1.29 is 24.2 Å². The molecule has 0 saturated heterocycles. The summed E-state index contributed by atoms with van der Waals surface area (Å²) in [5, 5.41) is 15.1. The van der Waals surface area contributed by atoms with Crippen molar-refractivity contribution in [2.45, 2.75) is 19.9 Å². The van der Waals surface area contributed by atoms with Crippen LogP contribution in [-0.4, -0.2) is 30.8 Å². The van der Waals surface area contributed by atoms with Gasteiger partial charge in [-0.3, -0.25) is 0 Å². The molecule has 0 saturated carbocycles. The number of hydrogen-bond acceptors (Lipinski definition) is 5. The number of rotatable bonds is 5. The Morgan fingerprint density at radius 2 is 2.16 bits per heavy atom. The number of urea groups is 1. The van der Waals surface area contributed by atoms with E-state index in [1.807, 2.05) is 6.92 Å². The van der Waals surface area contributed by atoms with Crippen molar-refractivity contribution in [3.05, 3.63) is 46.1 Å². The van der Waals surface area contributed by atoms with Crippen molar-refractivity contribution in [2.75, 3.05) is 13.7 Å². The topological polar surface area (TPSA) is 96.9 Å². The Balaban J connectivity index is 2.45. The van der Waals surface area contributed by atoms with Gasteiger partial charge in [0.15, 0.2) is 11.5 Å². The first-order valence-electron chi connectivity index (χ1n) is 7.52. The molecule has 0 bridgehead atoms. The van der Waals surface area contributed by atoms with Crippen LogP contribution in [0, 0.1) is 0 Å². The monoisotopic (exact) mass is 366 g/mol. The molecule has 1 aromatic carbocycles. The molecule has 1 heterocycles. The van der Waals surface area contributed by atoms with Crippen LogP contribution < -0.4 is 15.4 Å². The number of nitrogens with one attached hydrogen (secondary N) is 2. The van der Waals surface area contributed by atoms with Crippen LogP contribution in [0.3, 0.4) is 0 Å². The van der Waals surface area contributed by atoms with Crippen molar-refractivity contribution >= 4 is 23.6 Å². The van der Waals surface area contributed by atoms with Crippen LogP contribution in [0.1, 0.15) is 25.5 Å². The summed E-state index contributed by atoms with van der Waals surface area (Å²) in [4.78, 5) is 24.3. The number of phenols is 1. The molecule has 0 aromatic heterocycles. The molecule has 0 radical (unpaired) electrons. The third-order valence-electron chi connectivity index (χ3n) is 3.64. The molecule has 2 amide bonds. The highest BCUT2D eigenvalue weighted by atomic mass is 35.5. The minimum Gasteiger partial charge on any atom is -0.503 e. The Bertz CT molecular complexity index is 758. The third-order valence-corrected chi connectivity index (χ3v) is 3.93. The van der Waals surface area contributed by atoms with E-state index in [-0.39, 0.29) is 28.7 Å². The molecule has 3 N–H and O–H groups in total. The zero-order chi connectivity index (χ0) is 18.6. The summed E-state index contributed by atoms with van der Waals surface area (Å²) in [6.07, 6.45) is 3.45. The molecule has 1 aliphatic heterocycles. The average Bonchev–Trinajstić information content (AvgIpc) is 2.56. The summed E-state index contributed by atoms with van der Waals surface area (Å²) in [5.74, 6) is -0.656. The van der Waals surface area contributed by atoms with Gasteiger partial charge >= 0.3 is 12.0 Å². The number of carbonyl (C=O) groups excluding carboxylic acids is 2. The Hall–Kier alpha value is -2.67. The number of aromatic hydroxyl groups is 1. The van der Waals surface area contributed by atoms with Gasteiger partial charge in [-0.25, -0.2) is 9.59 Å². The minimum atomic E-state index is -0.793. The van der Waals surface area contributed by atoms with Gasteiger partial charge in [-0.15, -0.1) is 0 Å². The molecule has 1 aromatic rings. The summed E-state index contributed by atoms with van der Waals surface area (Å²) in [5.41, 5.74) is 1.10. The lowest BCUT2D eigenvalue weighted by molar-refractivity contribution is -0.138. The van der Waals surface area contributed by atoms with Crippen LogP contribution >= 0.6 is 11.6 Å². The number of allylic oxidation sites excluding steroid dienone is 2. The predicted molar refractivity (Wildman–Crippen MR) is 92.6 cm³/mol. The van der Waals surface area contributed by atoms with Crippen molar-refractivity contribution in [1.82, 2.24) is 10.6 Å². The third kappa shape index (κ3) is 4.06. The normalized spacial score (nSPS) is 17.3. The van der Waals surface area contributed by atoms with E-state index < -0.39 is 18.0 Å². The predicted octanol–water partition coefficient (Wildman–Crippen LogP) is 2.80. The maximum absolute atomic E-state index is 12.5. The number of halogens is 1. The van der Waals surface area contributed by atoms with Crippen LogP contribution in [0.15, 0.2) is 35.6 Å². The van der Waals surface area contributed by atoms with E-state index in [1.165, 1.54) is 19.2 Å². The maximum Gasteiger partial charge on any atom is 0.338 e. The zero-order valence-corrected chi connectivity index (χ0v) is 14.8. The van der Waals surface area contributed by atoms with Gasteiger partial charge in [0.2, 0.25) is 0 Å². The highest BCUT2D eigenvalue weighted by Gasteiger charge is 2.33. The first kappa shape index (κ1) is 18.7. The smallest absolute Gasteiger partial charge is 0.338 e. The summed E-state index contributed by atoms with van der Waals surface area (Å²) < 4.78 is 10.3. The van der Waals surface area contributed by atoms with E-state index in [0.717, 1.165) is 0 Å². The van der Waals surface area contributed by atoms with E-state index >= 15 is 0 Å². The van der Waals surface area contributed by atoms with E-state index in [0.29, 0.717) is 11.3 Å². The van der Waals surface area contributed by atoms with Gasteiger partial charge in [-0.1, -0.05) is 23.8 Å². The van der Waals surface area contributed by atoms with E-state index in [2.05, 4.69) is 10.6 Å². The van der Waals surface area contributed by atoms with Gasteiger partial charge in [-0.2, -0.15) is 0 Å². The van der Waals surface area contributed by atoms with Gasteiger partial charge in [0.05, 0.1) is 23.7 Å². The molecule has 134 valence electrons. The fraction of sp³-hybridized carbons (Fsp3) is 0.294. The first-order chi connectivity index (χ1) is 11.9. The summed E-state index contributed by atoms with van der Waals surface area (Å²) in [6.45, 7) is 3.54. The highest BCUT2D eigenvalue weighted by Crippen LogP contribution is 2.39. The fourth-order valence-corrected chi connectivity index (χ4v) is 2.65. The number of hydrogen-bond donors (Lipinski definition) is 3. The molecule has 0 spiro atoms. The van der Waals surface area contributed by atoms with Gasteiger partial charge in [0.1, 0.15) is 6.61 Å². The maximum atomic E-state index is 12.5. The lowest BCUT2D eigenvalue weighted by Gasteiger charge is -2.28. The lowest BCUT2D eigenvalue weighted by Crippen LogP contribution is -2.45. The molecule has 0 fully saturated rings. The van der Waals surface area contributed by atoms with Gasteiger partial charge in [-0.05, 0) is 31.5 Å². The summed E-state index contributed by atoms with van der Waals surface area (Å²) in [7, 11) is 1.38. The number of carbonyl (C=O) groups is 2. The Morgan fingerprint density at radius 1 is 1.44 bits per heavy atom. The zero-order valence-electron chi connectivity index (χ0n) is 14.1. The van der Waals surface area contributed by atoms with Crippen LogP contribution in [-0.2, 0) is 9.53 Å². The number of benzene rings is 1. The number of phenolic OH excluding ortho intramolecular Hbond substituents is 1. The van der Waals surface area contributed by atoms with Crippen molar-refractivity contribution in [2.24, 2.45) is 0 Å². The number of amides is 2. The molecule has 1 atom stereocenters. The molecular formula is C17H19ClN2O5. The van der Waals surface area contributed by atoms with E-state index in [4.69, 9.17) is 21.1 Å². The second kappa shape index (κ2) is 7.94. The molecule has 2 rings (SSSR count). The SMILES string of the molecule is C/C=C/COC(=O)C1=C(C)NC(=O)N[C@@H]1c1cc(Cl)c(O)c(OC)c1. The Labute approximate surface area is 150 Å². The van der Waals surface area contributed by atoms with Gasteiger partial charge in [0, 0.05) is 5.70 Å². The fourth-order valence-electron chi connectivity index (χ4n) is 2.43. The van der Waals surface area contributed by atoms with Crippen LogP contribution in [0.2, 0.25) is 5.02 Å². The molecule has 0 unspecified atom stereocenters. The standard InChI is InChI=1S/C17H19ClN2O5/c1-4-5-6-25-16(22)13-9(2)19-17(23)20-14(13)10-7-11(18)15(21)12(8-10)24-3/h4-5,7-8,14,21H,6H2,1-3H3,(H2,19,20,23)/b5-4+/t14-/m1/s1. The van der Waals surface area contributed by atoms with E-state index in [1.54, 1.807) is 19.1 Å². The molecule has 25 heavy (non-hydrogen) atoms. The minimum absolute atomic E-state index is 0.0430. The average molecular weight is 367 g/mol. The molecule has 7 nitrogen and oxygen atoms in total. The molecular weight excluding hydrogens is 348 g/mol. The summed E-state index contributed by atoms with van der Waals surface area (Å²) >= 11 is 6.02. The Kier molecular flexibility index (Phi) is 5.93. The second-order valence-electron chi connectivity index (χ2n) is 5.29. The van der Waals surface area contributed by atoms with Gasteiger partial charge in [0.25, 0.3) is 0 Å². The molecule has 8 heteroatoms. The van der Waals surface area contributed by atoms with Crippen LogP contribution in [0.5, 0.6) is 11.5 Å². The largest absolute Gasteiger partial charge is 0.503 e. The van der Waals surface area contributed by atoms with Gasteiger partial charge < -0.3 is 25.2 Å². The lowest BCUT2D eigenvalue weighted by atomic mass is 9.95. The van der Waals surface area contributed by atoms with Crippen LogP contribution in [0.4, 0.5) is 4.79 Å². The summed E-state index contributed by atoms with van der Waals surface area (Å²) in [6, 6.07) is 1.71. The van der Waals surface area contributed by atoms with E-state index in [9.17, 15) is 14.7 Å². The number of methoxy groups -OCH3 is 1. The molecule has 0 aliphatic carbocycles.